The molecular formula is C20H23ClN2O5S. The van der Waals surface area contributed by atoms with Crippen LogP contribution in [0.1, 0.15) is 10.9 Å². The summed E-state index contributed by atoms with van der Waals surface area (Å²) in [5, 5.41) is 3.17. The monoisotopic (exact) mass is 438 g/mol. The SMILES string of the molecule is COc1ccc(Cl)cc1NC(=O)N1CCSC1c1cc(OC)c(OC)cc1OC. The van der Waals surface area contributed by atoms with Crippen molar-refractivity contribution < 1.29 is 23.7 Å². The summed E-state index contributed by atoms with van der Waals surface area (Å²) in [7, 11) is 6.28. The third-order valence-electron chi connectivity index (χ3n) is 4.56. The normalized spacial score (nSPS) is 15.8. The Hall–Kier alpha value is -2.45. The van der Waals surface area contributed by atoms with E-state index in [1.807, 2.05) is 6.07 Å². The van der Waals surface area contributed by atoms with Crippen molar-refractivity contribution in [3.8, 4) is 23.0 Å². The standard InChI is InChI=1S/C20H23ClN2O5S/c1-25-15-6-5-12(21)9-14(15)22-20(24)23-7-8-29-19(23)13-10-17(27-3)18(28-4)11-16(13)26-2/h5-6,9-11,19H,7-8H2,1-4H3,(H,22,24). The van der Waals surface area contributed by atoms with Crippen molar-refractivity contribution in [2.75, 3.05) is 46.1 Å². The van der Waals surface area contributed by atoms with Crippen molar-refractivity contribution in [2.24, 2.45) is 0 Å². The number of hydrogen-bond acceptors (Lipinski definition) is 6. The van der Waals surface area contributed by atoms with E-state index in [4.69, 9.17) is 30.5 Å². The molecule has 0 spiro atoms. The Morgan fingerprint density at radius 1 is 1.00 bits per heavy atom. The zero-order chi connectivity index (χ0) is 21.0. The van der Waals surface area contributed by atoms with Gasteiger partial charge in [-0.3, -0.25) is 0 Å². The van der Waals surface area contributed by atoms with E-state index in [2.05, 4.69) is 5.32 Å². The van der Waals surface area contributed by atoms with Gasteiger partial charge in [0, 0.05) is 29.0 Å². The van der Waals surface area contributed by atoms with Crippen LogP contribution in [0.4, 0.5) is 10.5 Å². The van der Waals surface area contributed by atoms with Gasteiger partial charge in [-0.15, -0.1) is 11.8 Å². The highest BCUT2D eigenvalue weighted by atomic mass is 35.5. The number of urea groups is 1. The van der Waals surface area contributed by atoms with E-state index in [9.17, 15) is 4.79 Å². The van der Waals surface area contributed by atoms with Gasteiger partial charge in [0.2, 0.25) is 0 Å². The van der Waals surface area contributed by atoms with Gasteiger partial charge >= 0.3 is 6.03 Å². The fraction of sp³-hybridized carbons (Fsp3) is 0.350. The Morgan fingerprint density at radius 3 is 2.31 bits per heavy atom. The van der Waals surface area contributed by atoms with Crippen molar-refractivity contribution in [1.29, 1.82) is 0 Å². The van der Waals surface area contributed by atoms with Crippen LogP contribution in [0.2, 0.25) is 5.02 Å². The number of carbonyl (C=O) groups excluding carboxylic acids is 1. The Balaban J connectivity index is 1.90. The predicted octanol–water partition coefficient (Wildman–Crippen LogP) is 4.65. The molecule has 1 atom stereocenters. The van der Waals surface area contributed by atoms with Crippen molar-refractivity contribution in [2.45, 2.75) is 5.37 Å². The molecule has 29 heavy (non-hydrogen) atoms. The average Bonchev–Trinajstić information content (AvgIpc) is 3.22. The molecular weight excluding hydrogens is 416 g/mol. The molecule has 2 aromatic rings. The van der Waals surface area contributed by atoms with E-state index in [0.717, 1.165) is 11.3 Å². The molecule has 2 aromatic carbocycles. The molecule has 0 bridgehead atoms. The molecule has 1 unspecified atom stereocenters. The first-order chi connectivity index (χ1) is 14.0. The zero-order valence-electron chi connectivity index (χ0n) is 16.7. The fourth-order valence-corrected chi connectivity index (χ4v) is 4.59. The zero-order valence-corrected chi connectivity index (χ0v) is 18.2. The highest BCUT2D eigenvalue weighted by molar-refractivity contribution is 7.99. The Kier molecular flexibility index (Phi) is 6.87. The second-order valence-corrected chi connectivity index (χ2v) is 7.76. The van der Waals surface area contributed by atoms with Gasteiger partial charge in [0.15, 0.2) is 11.5 Å². The Labute approximate surface area is 179 Å². The number of methoxy groups -OCH3 is 4. The predicted molar refractivity (Wildman–Crippen MR) is 115 cm³/mol. The maximum atomic E-state index is 13.1. The number of nitrogens with one attached hydrogen (secondary N) is 1. The largest absolute Gasteiger partial charge is 0.496 e. The summed E-state index contributed by atoms with van der Waals surface area (Å²) in [5.74, 6) is 3.10. The molecule has 0 aromatic heterocycles. The van der Waals surface area contributed by atoms with Gasteiger partial charge in [-0.25, -0.2) is 4.79 Å². The third kappa shape index (κ3) is 4.43. The van der Waals surface area contributed by atoms with Gasteiger partial charge < -0.3 is 29.2 Å². The van der Waals surface area contributed by atoms with Crippen LogP contribution in [0.15, 0.2) is 30.3 Å². The lowest BCUT2D eigenvalue weighted by Crippen LogP contribution is -2.34. The van der Waals surface area contributed by atoms with Crippen molar-refractivity contribution in [3.63, 3.8) is 0 Å². The lowest BCUT2D eigenvalue weighted by Gasteiger charge is -2.26. The quantitative estimate of drug-likeness (QED) is 0.707. The van der Waals surface area contributed by atoms with Crippen LogP contribution in [-0.4, -0.2) is 51.7 Å². The van der Waals surface area contributed by atoms with Crippen LogP contribution >= 0.6 is 23.4 Å². The van der Waals surface area contributed by atoms with Crippen LogP contribution in [0.5, 0.6) is 23.0 Å². The summed E-state index contributed by atoms with van der Waals surface area (Å²) in [4.78, 5) is 14.8. The van der Waals surface area contributed by atoms with E-state index >= 15 is 0 Å². The maximum absolute atomic E-state index is 13.1. The summed E-state index contributed by atoms with van der Waals surface area (Å²) < 4.78 is 21.7. The number of thioether (sulfide) groups is 1. The second kappa shape index (κ2) is 9.37. The molecule has 1 aliphatic rings. The maximum Gasteiger partial charge on any atom is 0.323 e. The number of nitrogens with zero attached hydrogens (tertiary/aromatic N) is 1. The van der Waals surface area contributed by atoms with Crippen LogP contribution in [0, 0.1) is 0 Å². The minimum atomic E-state index is -0.252. The molecule has 156 valence electrons. The lowest BCUT2D eigenvalue weighted by molar-refractivity contribution is 0.213. The molecule has 7 nitrogen and oxygen atoms in total. The van der Waals surface area contributed by atoms with Gasteiger partial charge in [-0.05, 0) is 24.3 Å². The highest BCUT2D eigenvalue weighted by Gasteiger charge is 2.34. The van der Waals surface area contributed by atoms with E-state index in [0.29, 0.717) is 40.3 Å². The minimum Gasteiger partial charge on any atom is -0.496 e. The van der Waals surface area contributed by atoms with Crippen molar-refractivity contribution in [3.05, 3.63) is 40.9 Å². The van der Waals surface area contributed by atoms with E-state index in [1.54, 1.807) is 69.4 Å². The highest BCUT2D eigenvalue weighted by Crippen LogP contribution is 2.46. The van der Waals surface area contributed by atoms with Crippen molar-refractivity contribution >= 4 is 35.1 Å². The number of ether oxygens (including phenoxy) is 4. The molecule has 1 saturated heterocycles. The average molecular weight is 439 g/mol. The first-order valence-corrected chi connectivity index (χ1v) is 10.3. The first kappa shape index (κ1) is 21.3. The van der Waals surface area contributed by atoms with Gasteiger partial charge in [-0.2, -0.15) is 0 Å². The van der Waals surface area contributed by atoms with Crippen LogP contribution < -0.4 is 24.3 Å². The fourth-order valence-electron chi connectivity index (χ4n) is 3.15. The number of anilines is 1. The van der Waals surface area contributed by atoms with Crippen LogP contribution in [0.25, 0.3) is 0 Å². The lowest BCUT2D eigenvalue weighted by atomic mass is 10.1. The van der Waals surface area contributed by atoms with Crippen molar-refractivity contribution in [1.82, 2.24) is 4.90 Å². The second-order valence-electron chi connectivity index (χ2n) is 6.14. The molecule has 1 N–H and O–H groups in total. The number of halogens is 1. The molecule has 3 rings (SSSR count). The van der Waals surface area contributed by atoms with E-state index < -0.39 is 0 Å². The van der Waals surface area contributed by atoms with Gasteiger partial charge in [0.05, 0.1) is 34.1 Å². The molecule has 1 heterocycles. The summed E-state index contributed by atoms with van der Waals surface area (Å²) in [5.41, 5.74) is 1.35. The molecule has 2 amide bonds. The molecule has 0 aliphatic carbocycles. The van der Waals surface area contributed by atoms with E-state index in [1.165, 1.54) is 0 Å². The molecule has 1 aliphatic heterocycles. The topological polar surface area (TPSA) is 69.3 Å². The van der Waals surface area contributed by atoms with Gasteiger partial charge in [0.25, 0.3) is 0 Å². The minimum absolute atomic E-state index is 0.241. The first-order valence-electron chi connectivity index (χ1n) is 8.85. The number of benzene rings is 2. The van der Waals surface area contributed by atoms with Gasteiger partial charge in [-0.1, -0.05) is 11.6 Å². The molecule has 1 fully saturated rings. The van der Waals surface area contributed by atoms with Crippen LogP contribution in [0.3, 0.4) is 0 Å². The Bertz CT molecular complexity index is 895. The van der Waals surface area contributed by atoms with Gasteiger partial charge in [0.1, 0.15) is 16.9 Å². The summed E-state index contributed by atoms with van der Waals surface area (Å²) in [6.45, 7) is 0.585. The molecule has 9 heteroatoms. The van der Waals surface area contributed by atoms with E-state index in [-0.39, 0.29) is 11.4 Å². The van der Waals surface area contributed by atoms with Crippen LogP contribution in [-0.2, 0) is 0 Å². The summed E-state index contributed by atoms with van der Waals surface area (Å²) in [6.07, 6.45) is 0. The Morgan fingerprint density at radius 2 is 1.66 bits per heavy atom. The number of rotatable bonds is 6. The third-order valence-corrected chi connectivity index (χ3v) is 6.03. The summed E-state index contributed by atoms with van der Waals surface area (Å²) >= 11 is 7.73. The number of hydrogen-bond donors (Lipinski definition) is 1. The molecule has 0 saturated carbocycles. The number of amides is 2. The summed E-state index contributed by atoms with van der Waals surface area (Å²) in [6, 6.07) is 8.44. The smallest absolute Gasteiger partial charge is 0.323 e. The number of carbonyl (C=O) groups is 1. The molecule has 0 radical (unpaired) electrons.